The van der Waals surface area contributed by atoms with Crippen LogP contribution in [-0.2, 0) is 16.7 Å². The Morgan fingerprint density at radius 2 is 1.90 bits per heavy atom. The average Bonchev–Trinajstić information content (AvgIpc) is 2.98. The molecule has 0 aliphatic carbocycles. The van der Waals surface area contributed by atoms with Crippen LogP contribution in [0.5, 0.6) is 0 Å². The van der Waals surface area contributed by atoms with Crippen LogP contribution in [0.15, 0.2) is 29.3 Å². The second-order valence-corrected chi connectivity index (χ2v) is 10.2. The molecule has 0 saturated carbocycles. The summed E-state index contributed by atoms with van der Waals surface area (Å²) in [6.45, 7) is 15.2. The molecule has 4 nitrogen and oxygen atoms in total. The molecule has 0 amide bonds. The van der Waals surface area contributed by atoms with Gasteiger partial charge in [0.2, 0.25) is 0 Å². The predicted molar refractivity (Wildman–Crippen MR) is 122 cm³/mol. The van der Waals surface area contributed by atoms with Gasteiger partial charge in [-0.05, 0) is 63.6 Å². The molecule has 0 spiro atoms. The number of rotatable bonds is 5. The van der Waals surface area contributed by atoms with Crippen molar-refractivity contribution in [1.29, 1.82) is 0 Å². The lowest BCUT2D eigenvalue weighted by atomic mass is 9.81. The van der Waals surface area contributed by atoms with Crippen LogP contribution in [0.3, 0.4) is 0 Å². The lowest BCUT2D eigenvalue weighted by Crippen LogP contribution is -2.55. The van der Waals surface area contributed by atoms with Gasteiger partial charge in [-0.3, -0.25) is 0 Å². The van der Waals surface area contributed by atoms with Crippen LogP contribution < -0.4 is 5.32 Å². The van der Waals surface area contributed by atoms with Crippen LogP contribution in [0.2, 0.25) is 0 Å². The first-order chi connectivity index (χ1) is 13.5. The fraction of sp³-hybridized carbons (Fsp3) is 0.500. The third-order valence-corrected chi connectivity index (χ3v) is 6.70. The highest BCUT2D eigenvalue weighted by molar-refractivity contribution is 7.16. The van der Waals surface area contributed by atoms with Crippen molar-refractivity contribution in [2.24, 2.45) is 4.99 Å². The van der Waals surface area contributed by atoms with Gasteiger partial charge in [-0.2, -0.15) is 0 Å². The Balaban J connectivity index is 2.04. The minimum absolute atomic E-state index is 0.105. The molecule has 0 radical (unpaired) electrons. The van der Waals surface area contributed by atoms with Crippen molar-refractivity contribution in [1.82, 2.24) is 5.32 Å². The van der Waals surface area contributed by atoms with Crippen molar-refractivity contribution >= 4 is 28.5 Å². The summed E-state index contributed by atoms with van der Waals surface area (Å²) in [5.74, 6) is 0.222. The Bertz CT molecular complexity index is 921. The van der Waals surface area contributed by atoms with Gasteiger partial charge >= 0.3 is 5.97 Å². The maximum atomic E-state index is 12.8. The van der Waals surface area contributed by atoms with Crippen LogP contribution >= 0.6 is 11.3 Å². The van der Waals surface area contributed by atoms with Gasteiger partial charge in [0.05, 0.1) is 12.2 Å². The van der Waals surface area contributed by atoms with Crippen LogP contribution in [0, 0.1) is 0 Å². The quantitative estimate of drug-likeness (QED) is 0.487. The van der Waals surface area contributed by atoms with Crippen molar-refractivity contribution in [2.75, 3.05) is 6.61 Å². The molecule has 1 N–H and O–H groups in total. The molecule has 0 atom stereocenters. The third kappa shape index (κ3) is 4.62. The van der Waals surface area contributed by atoms with E-state index < -0.39 is 0 Å². The number of carbonyl (C=O) groups is 1. The summed E-state index contributed by atoms with van der Waals surface area (Å²) in [4.78, 5) is 18.7. The molecule has 1 aromatic heterocycles. The van der Waals surface area contributed by atoms with E-state index in [-0.39, 0.29) is 17.0 Å². The number of fused-ring (bicyclic) bond motifs is 1. The highest BCUT2D eigenvalue weighted by Gasteiger charge is 2.41. The summed E-state index contributed by atoms with van der Waals surface area (Å²) < 4.78 is 5.40. The standard InChI is InChI=1S/C24H32N2O2S/c1-8-28-22(27)19-18-13-23(4,5)26-24(6,7)20(18)29-21(19)25-14-16-9-11-17(12-10-16)15(2)3/h9-12,14-15,26H,8,13H2,1-7H3. The van der Waals surface area contributed by atoms with Crippen molar-refractivity contribution in [3.8, 4) is 0 Å². The van der Waals surface area contributed by atoms with E-state index >= 15 is 0 Å². The summed E-state index contributed by atoms with van der Waals surface area (Å²) in [5.41, 5.74) is 3.70. The molecule has 1 aliphatic rings. The van der Waals surface area contributed by atoms with Gasteiger partial charge in [0.15, 0.2) is 0 Å². The van der Waals surface area contributed by atoms with Crippen LogP contribution in [0.1, 0.15) is 86.3 Å². The highest BCUT2D eigenvalue weighted by Crippen LogP contribution is 2.46. The van der Waals surface area contributed by atoms with E-state index in [0.29, 0.717) is 18.1 Å². The minimum Gasteiger partial charge on any atom is -0.462 e. The summed E-state index contributed by atoms with van der Waals surface area (Å²) >= 11 is 1.59. The Morgan fingerprint density at radius 1 is 1.24 bits per heavy atom. The first kappa shape index (κ1) is 21.7. The second-order valence-electron chi connectivity index (χ2n) is 9.20. The Labute approximate surface area is 178 Å². The Hall–Kier alpha value is -1.98. The molecule has 1 aliphatic heterocycles. The predicted octanol–water partition coefficient (Wildman–Crippen LogP) is 5.96. The number of benzene rings is 1. The van der Waals surface area contributed by atoms with E-state index in [0.717, 1.165) is 22.5 Å². The zero-order valence-corrected chi connectivity index (χ0v) is 19.4. The third-order valence-electron chi connectivity index (χ3n) is 5.24. The van der Waals surface area contributed by atoms with E-state index in [4.69, 9.17) is 9.73 Å². The van der Waals surface area contributed by atoms with Gasteiger partial charge in [0, 0.05) is 22.2 Å². The fourth-order valence-corrected chi connectivity index (χ4v) is 5.33. The number of nitrogens with zero attached hydrogens (tertiary/aromatic N) is 1. The molecule has 29 heavy (non-hydrogen) atoms. The monoisotopic (exact) mass is 412 g/mol. The van der Waals surface area contributed by atoms with E-state index in [1.54, 1.807) is 11.3 Å². The molecule has 156 valence electrons. The van der Waals surface area contributed by atoms with Gasteiger partial charge in [-0.1, -0.05) is 38.1 Å². The molecule has 5 heteroatoms. The number of thiophene rings is 1. The van der Waals surface area contributed by atoms with Gasteiger partial charge < -0.3 is 10.1 Å². The molecule has 3 rings (SSSR count). The van der Waals surface area contributed by atoms with Gasteiger partial charge in [-0.15, -0.1) is 11.3 Å². The summed E-state index contributed by atoms with van der Waals surface area (Å²) in [5, 5.41) is 4.43. The average molecular weight is 413 g/mol. The number of ether oxygens (including phenoxy) is 1. The molecule has 0 saturated heterocycles. The number of carbonyl (C=O) groups excluding carboxylic acids is 1. The molecule has 2 aromatic rings. The van der Waals surface area contributed by atoms with Crippen molar-refractivity contribution < 1.29 is 9.53 Å². The van der Waals surface area contributed by atoms with Crippen molar-refractivity contribution in [2.45, 2.75) is 71.9 Å². The molecule has 0 unspecified atom stereocenters. The molecule has 2 heterocycles. The molecule has 1 aromatic carbocycles. The highest BCUT2D eigenvalue weighted by atomic mass is 32.1. The zero-order valence-electron chi connectivity index (χ0n) is 18.6. The van der Waals surface area contributed by atoms with E-state index in [9.17, 15) is 4.79 Å². The van der Waals surface area contributed by atoms with Gasteiger partial charge in [0.1, 0.15) is 5.00 Å². The van der Waals surface area contributed by atoms with Crippen molar-refractivity contribution in [3.63, 3.8) is 0 Å². The van der Waals surface area contributed by atoms with Crippen LogP contribution in [0.25, 0.3) is 0 Å². The molecule has 0 fully saturated rings. The lowest BCUT2D eigenvalue weighted by molar-refractivity contribution is 0.0525. The Morgan fingerprint density at radius 3 is 2.48 bits per heavy atom. The lowest BCUT2D eigenvalue weighted by Gasteiger charge is -2.42. The SMILES string of the molecule is CCOC(=O)c1c(N=Cc2ccc(C(C)C)cc2)sc2c1CC(C)(C)NC2(C)C. The largest absolute Gasteiger partial charge is 0.462 e. The fourth-order valence-electron chi connectivity index (χ4n) is 4.12. The van der Waals surface area contributed by atoms with E-state index in [2.05, 4.69) is 71.1 Å². The number of hydrogen-bond donors (Lipinski definition) is 1. The molecular formula is C24H32N2O2S. The number of nitrogens with one attached hydrogen (secondary N) is 1. The molecule has 0 bridgehead atoms. The Kier molecular flexibility index (Phi) is 6.02. The maximum Gasteiger partial charge on any atom is 0.341 e. The summed E-state index contributed by atoms with van der Waals surface area (Å²) in [7, 11) is 0. The van der Waals surface area contributed by atoms with Gasteiger partial charge in [-0.25, -0.2) is 9.79 Å². The topological polar surface area (TPSA) is 50.7 Å². The second kappa shape index (κ2) is 8.04. The van der Waals surface area contributed by atoms with Gasteiger partial charge in [0.25, 0.3) is 0 Å². The first-order valence-corrected chi connectivity index (χ1v) is 11.1. The van der Waals surface area contributed by atoms with Crippen LogP contribution in [-0.4, -0.2) is 24.3 Å². The van der Waals surface area contributed by atoms with E-state index in [1.165, 1.54) is 10.4 Å². The first-order valence-electron chi connectivity index (χ1n) is 10.3. The summed E-state index contributed by atoms with van der Waals surface area (Å²) in [6.07, 6.45) is 2.62. The van der Waals surface area contributed by atoms with Crippen molar-refractivity contribution in [3.05, 3.63) is 51.4 Å². The normalized spacial score (nSPS) is 17.5. The van der Waals surface area contributed by atoms with E-state index in [1.807, 2.05) is 13.1 Å². The minimum atomic E-state index is -0.277. The maximum absolute atomic E-state index is 12.8. The number of hydrogen-bond acceptors (Lipinski definition) is 5. The van der Waals surface area contributed by atoms with Crippen LogP contribution in [0.4, 0.5) is 5.00 Å². The summed E-state index contributed by atoms with van der Waals surface area (Å²) in [6, 6.07) is 8.41. The number of esters is 1. The smallest absolute Gasteiger partial charge is 0.341 e. The zero-order chi connectivity index (χ0) is 21.4. The number of aliphatic imine (C=N–C) groups is 1. The molecular weight excluding hydrogens is 380 g/mol.